The molecule has 0 aliphatic heterocycles. The molecule has 4 nitrogen and oxygen atoms in total. The highest BCUT2D eigenvalue weighted by atomic mass is 16.3. The Bertz CT molecular complexity index is 973. The Hall–Kier alpha value is -2.49. The molecule has 0 spiro atoms. The van der Waals surface area contributed by atoms with Gasteiger partial charge in [-0.05, 0) is 70.8 Å². The number of hydrogen-bond donors (Lipinski definition) is 3. The molecule has 2 aromatic rings. The normalized spacial score (nSPS) is 15.1. The summed E-state index contributed by atoms with van der Waals surface area (Å²) in [6.45, 7) is 13.6. The molecule has 3 rings (SSSR count). The lowest BCUT2D eigenvalue weighted by molar-refractivity contribution is 0.251. The summed E-state index contributed by atoms with van der Waals surface area (Å²) in [4.78, 5) is 12.6. The van der Waals surface area contributed by atoms with Gasteiger partial charge in [-0.3, -0.25) is 0 Å². The Kier molecular flexibility index (Phi) is 9.49. The first kappa shape index (κ1) is 28.1. The minimum atomic E-state index is -0.144. The molecule has 0 atom stereocenters. The smallest absolute Gasteiger partial charge is 0.319 e. The van der Waals surface area contributed by atoms with Crippen LogP contribution in [0.5, 0.6) is 5.75 Å². The molecule has 1 aliphatic carbocycles. The zero-order chi connectivity index (χ0) is 26.3. The van der Waals surface area contributed by atoms with Crippen molar-refractivity contribution in [1.29, 1.82) is 0 Å². The second-order valence-electron chi connectivity index (χ2n) is 12.7. The van der Waals surface area contributed by atoms with Crippen molar-refractivity contribution in [3.8, 4) is 5.75 Å². The molecule has 0 bridgehead atoms. The molecule has 36 heavy (non-hydrogen) atoms. The molecule has 0 saturated heterocycles. The summed E-state index contributed by atoms with van der Waals surface area (Å²) in [7, 11) is 0. The van der Waals surface area contributed by atoms with Crippen LogP contribution in [0.2, 0.25) is 0 Å². The monoisotopic (exact) mass is 492 g/mol. The van der Waals surface area contributed by atoms with Crippen LogP contribution in [0.15, 0.2) is 36.4 Å². The molecule has 0 heterocycles. The first-order chi connectivity index (χ1) is 16.9. The van der Waals surface area contributed by atoms with Crippen LogP contribution >= 0.6 is 0 Å². The van der Waals surface area contributed by atoms with E-state index in [1.807, 2.05) is 18.2 Å². The van der Waals surface area contributed by atoms with Crippen molar-refractivity contribution >= 4 is 11.7 Å². The third-order valence-electron chi connectivity index (χ3n) is 7.53. The van der Waals surface area contributed by atoms with Crippen LogP contribution in [0.25, 0.3) is 0 Å². The second-order valence-corrected chi connectivity index (χ2v) is 12.7. The van der Waals surface area contributed by atoms with Gasteiger partial charge in [-0.2, -0.15) is 0 Å². The van der Waals surface area contributed by atoms with Crippen molar-refractivity contribution < 1.29 is 9.90 Å². The number of urea groups is 1. The van der Waals surface area contributed by atoms with Gasteiger partial charge in [-0.25, -0.2) is 4.79 Å². The van der Waals surface area contributed by atoms with Gasteiger partial charge in [0.05, 0.1) is 0 Å². The predicted octanol–water partition coefficient (Wildman–Crippen LogP) is 8.25. The van der Waals surface area contributed by atoms with Gasteiger partial charge in [0.15, 0.2) is 0 Å². The van der Waals surface area contributed by atoms with Gasteiger partial charge in [-0.1, -0.05) is 104 Å². The molecule has 2 amide bonds. The topological polar surface area (TPSA) is 61.4 Å². The number of carbonyl (C=O) groups excluding carboxylic acids is 1. The lowest BCUT2D eigenvalue weighted by Gasteiger charge is -2.28. The maximum Gasteiger partial charge on any atom is 0.319 e. The van der Waals surface area contributed by atoms with Crippen LogP contribution in [0.4, 0.5) is 10.5 Å². The summed E-state index contributed by atoms with van der Waals surface area (Å²) in [5, 5.41) is 17.1. The van der Waals surface area contributed by atoms with Crippen molar-refractivity contribution in [3.05, 3.63) is 58.7 Å². The zero-order valence-corrected chi connectivity index (χ0v) is 23.5. The number of phenols is 1. The van der Waals surface area contributed by atoms with Crippen LogP contribution in [-0.4, -0.2) is 17.7 Å². The van der Waals surface area contributed by atoms with E-state index in [-0.39, 0.29) is 16.9 Å². The van der Waals surface area contributed by atoms with E-state index in [2.05, 4.69) is 70.4 Å². The van der Waals surface area contributed by atoms with Crippen molar-refractivity contribution in [3.63, 3.8) is 0 Å². The Morgan fingerprint density at radius 3 is 2.14 bits per heavy atom. The number of rotatable bonds is 8. The van der Waals surface area contributed by atoms with E-state index in [1.54, 1.807) is 0 Å². The van der Waals surface area contributed by atoms with E-state index in [1.165, 1.54) is 44.1 Å². The summed E-state index contributed by atoms with van der Waals surface area (Å²) >= 11 is 0. The number of aryl methyl sites for hydroxylation is 2. The van der Waals surface area contributed by atoms with Crippen LogP contribution in [-0.2, 0) is 23.7 Å². The number of anilines is 1. The molecule has 2 aromatic carbocycles. The van der Waals surface area contributed by atoms with Gasteiger partial charge >= 0.3 is 6.03 Å². The van der Waals surface area contributed by atoms with Crippen LogP contribution in [0.3, 0.4) is 0 Å². The van der Waals surface area contributed by atoms with Gasteiger partial charge in [-0.15, -0.1) is 0 Å². The van der Waals surface area contributed by atoms with E-state index >= 15 is 0 Å². The Labute approximate surface area is 219 Å². The molecule has 0 radical (unpaired) electrons. The average molecular weight is 493 g/mol. The van der Waals surface area contributed by atoms with Crippen molar-refractivity contribution in [2.24, 2.45) is 5.92 Å². The van der Waals surface area contributed by atoms with Crippen molar-refractivity contribution in [2.75, 3.05) is 11.9 Å². The Balaban J connectivity index is 1.62. The maximum atomic E-state index is 12.6. The number of phenolic OH excluding ortho intramolecular Hbond substituents is 1. The van der Waals surface area contributed by atoms with E-state index in [9.17, 15) is 9.90 Å². The average Bonchev–Trinajstić information content (AvgIpc) is 2.81. The summed E-state index contributed by atoms with van der Waals surface area (Å²) < 4.78 is 0. The van der Waals surface area contributed by atoms with Gasteiger partial charge in [0.2, 0.25) is 0 Å². The summed E-state index contributed by atoms with van der Waals surface area (Å²) in [5.41, 5.74) is 4.90. The van der Waals surface area contributed by atoms with Crippen LogP contribution in [0, 0.1) is 5.92 Å². The largest absolute Gasteiger partial charge is 0.507 e. The quantitative estimate of drug-likeness (QED) is 0.325. The van der Waals surface area contributed by atoms with E-state index in [4.69, 9.17) is 0 Å². The SMILES string of the molecule is CC(C)(C)c1cc(CCc2ccccc2NC(=O)NCCCC2CCCCC2)cc(C(C)(C)C)c1O. The first-order valence-corrected chi connectivity index (χ1v) is 13.9. The molecule has 0 aromatic heterocycles. The highest BCUT2D eigenvalue weighted by molar-refractivity contribution is 5.90. The molecule has 1 aliphatic rings. The van der Waals surface area contributed by atoms with Crippen LogP contribution < -0.4 is 10.6 Å². The zero-order valence-electron chi connectivity index (χ0n) is 23.5. The molecule has 1 fully saturated rings. The third-order valence-corrected chi connectivity index (χ3v) is 7.53. The van der Waals surface area contributed by atoms with E-state index in [0.717, 1.165) is 54.1 Å². The number of carbonyl (C=O) groups is 1. The fourth-order valence-electron chi connectivity index (χ4n) is 5.36. The molecular formula is C32H48N2O2. The first-order valence-electron chi connectivity index (χ1n) is 13.9. The van der Waals surface area contributed by atoms with E-state index in [0.29, 0.717) is 5.75 Å². The van der Waals surface area contributed by atoms with Crippen molar-refractivity contribution in [1.82, 2.24) is 5.32 Å². The fraction of sp³-hybridized carbons (Fsp3) is 0.594. The second kappa shape index (κ2) is 12.2. The van der Waals surface area contributed by atoms with E-state index < -0.39 is 0 Å². The predicted molar refractivity (Wildman–Crippen MR) is 152 cm³/mol. The van der Waals surface area contributed by atoms with Crippen LogP contribution in [0.1, 0.15) is 109 Å². The van der Waals surface area contributed by atoms with Gasteiger partial charge in [0.25, 0.3) is 0 Å². The number of hydrogen-bond acceptors (Lipinski definition) is 2. The van der Waals surface area contributed by atoms with Gasteiger partial charge < -0.3 is 15.7 Å². The molecule has 198 valence electrons. The summed E-state index contributed by atoms with van der Waals surface area (Å²) in [6.07, 6.45) is 10.8. The summed E-state index contributed by atoms with van der Waals surface area (Å²) in [6, 6.07) is 12.3. The lowest BCUT2D eigenvalue weighted by Crippen LogP contribution is -2.30. The highest BCUT2D eigenvalue weighted by Gasteiger charge is 2.26. The fourth-order valence-corrected chi connectivity index (χ4v) is 5.36. The standard InChI is InChI=1S/C32H48N2O2/c1-31(2,3)26-21-24(22-27(29(26)35)32(4,5)6)18-19-25-16-10-11-17-28(25)34-30(36)33-20-12-15-23-13-8-7-9-14-23/h10-11,16-17,21-23,35H,7-9,12-15,18-20H2,1-6H3,(H2,33,34,36). The Morgan fingerprint density at radius 1 is 0.917 bits per heavy atom. The molecule has 0 unspecified atom stereocenters. The minimum Gasteiger partial charge on any atom is -0.507 e. The van der Waals surface area contributed by atoms with Crippen molar-refractivity contribution in [2.45, 2.75) is 110 Å². The third kappa shape index (κ3) is 8.01. The molecule has 4 heteroatoms. The number of aromatic hydroxyl groups is 1. The lowest BCUT2D eigenvalue weighted by atomic mass is 9.78. The minimum absolute atomic E-state index is 0.124. The van der Waals surface area contributed by atoms with Gasteiger partial charge in [0, 0.05) is 12.2 Å². The number of benzene rings is 2. The number of nitrogens with one attached hydrogen (secondary N) is 2. The number of para-hydroxylation sites is 1. The molecule has 3 N–H and O–H groups in total. The molecular weight excluding hydrogens is 444 g/mol. The Morgan fingerprint density at radius 2 is 1.53 bits per heavy atom. The van der Waals surface area contributed by atoms with Gasteiger partial charge in [0.1, 0.15) is 5.75 Å². The number of amides is 2. The summed E-state index contributed by atoms with van der Waals surface area (Å²) in [5.74, 6) is 1.27. The highest BCUT2D eigenvalue weighted by Crippen LogP contribution is 2.40. The molecule has 1 saturated carbocycles. The maximum absolute atomic E-state index is 12.6.